The predicted molar refractivity (Wildman–Crippen MR) is 121 cm³/mol. The Morgan fingerprint density at radius 1 is 1.28 bits per heavy atom. The van der Waals surface area contributed by atoms with E-state index in [2.05, 4.69) is 15.6 Å². The molecule has 1 fully saturated rings. The minimum atomic E-state index is -1.19. The van der Waals surface area contributed by atoms with Crippen LogP contribution in [0.5, 0.6) is 0 Å². The number of halogens is 1. The van der Waals surface area contributed by atoms with E-state index in [9.17, 15) is 14.3 Å². The van der Waals surface area contributed by atoms with E-state index in [0.29, 0.717) is 30.9 Å². The first kappa shape index (κ1) is 22.3. The smallest absolute Gasteiger partial charge is 0.238 e. The summed E-state index contributed by atoms with van der Waals surface area (Å²) < 4.78 is 20.3. The Morgan fingerprint density at radius 2 is 2.09 bits per heavy atom. The quantitative estimate of drug-likeness (QED) is 0.483. The lowest BCUT2D eigenvalue weighted by Gasteiger charge is -2.21. The second-order valence-electron chi connectivity index (χ2n) is 7.56. The first-order chi connectivity index (χ1) is 15.5. The number of nitrogens with one attached hydrogen (secondary N) is 2. The maximum atomic E-state index is 14.9. The number of rotatable bonds is 8. The third-order valence-electron chi connectivity index (χ3n) is 5.20. The lowest BCUT2D eigenvalue weighted by molar-refractivity contribution is -0.121. The minimum absolute atomic E-state index is 0.168. The summed E-state index contributed by atoms with van der Waals surface area (Å²) in [4.78, 5) is 16.9. The highest BCUT2D eigenvalue weighted by Gasteiger charge is 2.32. The maximum Gasteiger partial charge on any atom is 0.238 e. The molecule has 2 aromatic carbocycles. The Morgan fingerprint density at radius 3 is 2.78 bits per heavy atom. The van der Waals surface area contributed by atoms with Gasteiger partial charge < -0.3 is 25.4 Å². The van der Waals surface area contributed by atoms with Gasteiger partial charge in [0, 0.05) is 49.4 Å². The normalized spacial score (nSPS) is 18.2. The zero-order valence-corrected chi connectivity index (χ0v) is 18.4. The lowest BCUT2D eigenvalue weighted by Crippen LogP contribution is -2.33. The summed E-state index contributed by atoms with van der Waals surface area (Å²) in [6.07, 6.45) is 0.237. The molecule has 1 aliphatic heterocycles. The Balaban J connectivity index is 1.38. The van der Waals surface area contributed by atoms with Crippen molar-refractivity contribution in [3.63, 3.8) is 0 Å². The van der Waals surface area contributed by atoms with Crippen LogP contribution in [0.15, 0.2) is 54.0 Å². The van der Waals surface area contributed by atoms with Gasteiger partial charge in [-0.3, -0.25) is 4.79 Å². The molecule has 9 heteroatoms. The Bertz CT molecular complexity index is 1050. The molecular weight excluding hydrogens is 431 g/mol. The number of anilines is 1. The summed E-state index contributed by atoms with van der Waals surface area (Å²) in [5.74, 6) is -0.548. The summed E-state index contributed by atoms with van der Waals surface area (Å²) in [7, 11) is 0. The molecule has 1 amide bonds. The highest BCUT2D eigenvalue weighted by molar-refractivity contribution is 7.09. The molecule has 1 unspecified atom stereocenters. The van der Waals surface area contributed by atoms with Gasteiger partial charge in [0.2, 0.25) is 12.3 Å². The van der Waals surface area contributed by atoms with Crippen LogP contribution in [0.3, 0.4) is 0 Å². The molecule has 0 saturated carbocycles. The minimum Gasteiger partial charge on any atom is -0.354 e. The number of aliphatic hydroxyl groups is 1. The van der Waals surface area contributed by atoms with E-state index in [1.165, 1.54) is 13.0 Å². The number of ether oxygens (including phenoxy) is 1. The van der Waals surface area contributed by atoms with Gasteiger partial charge in [-0.25, -0.2) is 9.37 Å². The number of hydrogen-bond acceptors (Lipinski definition) is 7. The fourth-order valence-corrected chi connectivity index (χ4v) is 4.16. The van der Waals surface area contributed by atoms with Gasteiger partial charge in [0.25, 0.3) is 0 Å². The van der Waals surface area contributed by atoms with Crippen molar-refractivity contribution in [1.29, 1.82) is 0 Å². The van der Waals surface area contributed by atoms with Gasteiger partial charge >= 0.3 is 0 Å². The van der Waals surface area contributed by atoms with Crippen LogP contribution in [0.1, 0.15) is 17.5 Å². The van der Waals surface area contributed by atoms with Crippen LogP contribution in [-0.4, -0.2) is 41.6 Å². The van der Waals surface area contributed by atoms with E-state index in [4.69, 9.17) is 4.74 Å². The Hall–Kier alpha value is -2.85. The van der Waals surface area contributed by atoms with Crippen LogP contribution < -0.4 is 15.5 Å². The Kier molecular flexibility index (Phi) is 7.11. The van der Waals surface area contributed by atoms with Crippen molar-refractivity contribution in [2.45, 2.75) is 32.5 Å². The molecule has 1 aromatic heterocycles. The summed E-state index contributed by atoms with van der Waals surface area (Å²) in [5, 5.41) is 19.2. The fraction of sp³-hybridized carbons (Fsp3) is 0.304. The molecule has 7 nitrogen and oxygen atoms in total. The molecule has 1 aliphatic rings. The number of carbonyl (C=O) groups is 1. The van der Waals surface area contributed by atoms with Gasteiger partial charge in [0.15, 0.2) is 0 Å². The molecule has 0 bridgehead atoms. The number of thiazole rings is 1. The molecule has 0 aliphatic carbocycles. The number of aromatic nitrogens is 1. The van der Waals surface area contributed by atoms with Gasteiger partial charge in [-0.1, -0.05) is 24.3 Å². The first-order valence-corrected chi connectivity index (χ1v) is 11.2. The van der Waals surface area contributed by atoms with Crippen LogP contribution >= 0.6 is 11.3 Å². The topological polar surface area (TPSA) is 86.7 Å². The second-order valence-corrected chi connectivity index (χ2v) is 8.54. The molecular formula is C23H25FN4O3S. The van der Waals surface area contributed by atoms with Crippen molar-refractivity contribution in [3.05, 3.63) is 70.4 Å². The first-order valence-electron chi connectivity index (χ1n) is 10.3. The molecule has 168 valence electrons. The predicted octanol–water partition coefficient (Wildman–Crippen LogP) is 2.86. The van der Waals surface area contributed by atoms with E-state index < -0.39 is 6.41 Å². The summed E-state index contributed by atoms with van der Waals surface area (Å²) in [5.41, 5.74) is 2.89. The lowest BCUT2D eigenvalue weighted by atomic mass is 10.0. The molecule has 2 atom stereocenters. The molecule has 1 saturated heterocycles. The average Bonchev–Trinajstić information content (AvgIpc) is 3.42. The number of carbonyl (C=O) groups excluding carboxylic acids is 1. The van der Waals surface area contributed by atoms with Crippen LogP contribution in [-0.2, 0) is 22.6 Å². The number of nitrogens with zero attached hydrogens (tertiary/aromatic N) is 2. The van der Waals surface area contributed by atoms with E-state index >= 15 is 0 Å². The highest BCUT2D eigenvalue weighted by atomic mass is 32.1. The van der Waals surface area contributed by atoms with Crippen LogP contribution in [0, 0.1) is 5.82 Å². The Labute approximate surface area is 189 Å². The van der Waals surface area contributed by atoms with Crippen LogP contribution in [0.2, 0.25) is 0 Å². The van der Waals surface area contributed by atoms with Crippen molar-refractivity contribution in [2.75, 3.05) is 18.0 Å². The van der Waals surface area contributed by atoms with Gasteiger partial charge in [0.1, 0.15) is 10.8 Å². The number of aliphatic hydroxyl groups excluding tert-OH is 1. The van der Waals surface area contributed by atoms with Crippen molar-refractivity contribution in [2.24, 2.45) is 0 Å². The summed E-state index contributed by atoms with van der Waals surface area (Å²) >= 11 is 1.61. The van der Waals surface area contributed by atoms with Crippen LogP contribution in [0.25, 0.3) is 11.1 Å². The fourth-order valence-electron chi connectivity index (χ4n) is 3.57. The van der Waals surface area contributed by atoms with Gasteiger partial charge in [-0.15, -0.1) is 11.3 Å². The maximum absolute atomic E-state index is 14.9. The zero-order valence-electron chi connectivity index (χ0n) is 17.6. The second kappa shape index (κ2) is 10.2. The summed E-state index contributed by atoms with van der Waals surface area (Å²) in [6, 6.07) is 12.6. The molecule has 0 spiro atoms. The van der Waals surface area contributed by atoms with E-state index in [0.717, 1.165) is 16.1 Å². The van der Waals surface area contributed by atoms with E-state index in [-0.39, 0.29) is 24.4 Å². The van der Waals surface area contributed by atoms with E-state index in [1.54, 1.807) is 34.6 Å². The SMILES string of the molecule is CC(=O)NC[C@H]1CN(c2ccc(-c3ccc(CNCc4nccs4)cc3)c(F)c2)C(O)O1. The number of benzene rings is 2. The van der Waals surface area contributed by atoms with Crippen molar-refractivity contribution >= 4 is 22.9 Å². The molecule has 4 rings (SSSR count). The number of amides is 1. The van der Waals surface area contributed by atoms with Crippen LogP contribution in [0.4, 0.5) is 10.1 Å². The highest BCUT2D eigenvalue weighted by Crippen LogP contribution is 2.30. The van der Waals surface area contributed by atoms with Crippen molar-refractivity contribution in [3.8, 4) is 11.1 Å². The molecule has 3 N–H and O–H groups in total. The zero-order chi connectivity index (χ0) is 22.5. The van der Waals surface area contributed by atoms with Gasteiger partial charge in [0.05, 0.1) is 12.6 Å². The van der Waals surface area contributed by atoms with Crippen molar-refractivity contribution in [1.82, 2.24) is 15.6 Å². The molecule has 32 heavy (non-hydrogen) atoms. The van der Waals surface area contributed by atoms with Gasteiger partial charge in [-0.2, -0.15) is 0 Å². The standard InChI is InChI=1S/C23H25FN4O3S/c1-15(29)27-12-19-14-28(23(30)31-19)18-6-7-20(21(24)10-18)17-4-2-16(3-5-17)11-25-13-22-26-8-9-32-22/h2-10,19,23,25,30H,11-14H2,1H3,(H,27,29)/t19-,23?/m0/s1. The third-order valence-corrected chi connectivity index (χ3v) is 5.98. The number of hydrogen-bond donors (Lipinski definition) is 3. The van der Waals surface area contributed by atoms with E-state index in [1.807, 2.05) is 29.6 Å². The van der Waals surface area contributed by atoms with Crippen molar-refractivity contribution < 1.29 is 19.0 Å². The molecule has 3 aromatic rings. The monoisotopic (exact) mass is 456 g/mol. The largest absolute Gasteiger partial charge is 0.354 e. The average molecular weight is 457 g/mol. The van der Waals surface area contributed by atoms with Gasteiger partial charge in [-0.05, 0) is 29.3 Å². The third kappa shape index (κ3) is 5.49. The molecule has 0 radical (unpaired) electrons. The summed E-state index contributed by atoms with van der Waals surface area (Å²) in [6.45, 7) is 3.47. The molecule has 2 heterocycles.